The van der Waals surface area contributed by atoms with E-state index in [1.165, 1.54) is 58.0 Å². The number of hydrogen-bond acceptors (Lipinski definition) is 2. The van der Waals surface area contributed by atoms with Gasteiger partial charge in [0.15, 0.2) is 0 Å². The molecule has 2 unspecified atom stereocenters. The fourth-order valence-electron chi connectivity index (χ4n) is 8.39. The molecule has 1 amide bonds. The number of carbonyl (C=O) groups is 1. The van der Waals surface area contributed by atoms with Gasteiger partial charge in [0.1, 0.15) is 0 Å². The Labute approximate surface area is 146 Å². The number of rotatable bonds is 2. The van der Waals surface area contributed by atoms with Crippen LogP contribution in [0.2, 0.25) is 0 Å². The van der Waals surface area contributed by atoms with Gasteiger partial charge in [-0.3, -0.25) is 4.79 Å². The summed E-state index contributed by atoms with van der Waals surface area (Å²) >= 11 is 0. The van der Waals surface area contributed by atoms with Crippen LogP contribution in [0.1, 0.15) is 78.1 Å². The molecule has 134 valence electrons. The van der Waals surface area contributed by atoms with Gasteiger partial charge in [0, 0.05) is 18.6 Å². The van der Waals surface area contributed by atoms with Crippen LogP contribution in [0.4, 0.5) is 0 Å². The first-order valence-corrected chi connectivity index (χ1v) is 10.4. The first kappa shape index (κ1) is 15.7. The van der Waals surface area contributed by atoms with Crippen LogP contribution in [0.15, 0.2) is 0 Å². The van der Waals surface area contributed by atoms with Crippen molar-refractivity contribution in [1.82, 2.24) is 10.2 Å². The van der Waals surface area contributed by atoms with E-state index < -0.39 is 0 Å². The maximum Gasteiger partial charge on any atom is 0.226 e. The number of fused-ring (bicyclic) bond motifs is 1. The van der Waals surface area contributed by atoms with Crippen molar-refractivity contribution in [3.05, 3.63) is 0 Å². The van der Waals surface area contributed by atoms with Crippen LogP contribution in [0.3, 0.4) is 0 Å². The Balaban J connectivity index is 1.32. The molecule has 0 aromatic heterocycles. The van der Waals surface area contributed by atoms with Crippen molar-refractivity contribution >= 4 is 5.91 Å². The van der Waals surface area contributed by atoms with Gasteiger partial charge in [0.25, 0.3) is 0 Å². The molecule has 0 aromatic carbocycles. The molecule has 6 rings (SSSR count). The number of hydrogen-bond donors (Lipinski definition) is 1. The normalized spacial score (nSPS) is 53.2. The van der Waals surface area contributed by atoms with Crippen LogP contribution in [-0.4, -0.2) is 36.0 Å². The summed E-state index contributed by atoms with van der Waals surface area (Å²) in [5, 5.41) is 3.56. The maximum absolute atomic E-state index is 13.4. The van der Waals surface area contributed by atoms with Crippen LogP contribution in [-0.2, 0) is 4.79 Å². The zero-order chi connectivity index (χ0) is 16.6. The molecule has 0 spiro atoms. The highest BCUT2D eigenvalue weighted by molar-refractivity contribution is 5.83. The Bertz CT molecular complexity index is 540. The van der Waals surface area contributed by atoms with Gasteiger partial charge < -0.3 is 10.2 Å². The second-order valence-electron chi connectivity index (χ2n) is 10.9. The van der Waals surface area contributed by atoms with Crippen LogP contribution in [0.25, 0.3) is 0 Å². The van der Waals surface area contributed by atoms with Crippen molar-refractivity contribution in [1.29, 1.82) is 0 Å². The van der Waals surface area contributed by atoms with Gasteiger partial charge in [-0.25, -0.2) is 0 Å². The molecule has 3 nitrogen and oxygen atoms in total. The highest BCUT2D eigenvalue weighted by Gasteiger charge is 2.62. The molecule has 0 aromatic rings. The summed E-state index contributed by atoms with van der Waals surface area (Å²) in [6.45, 7) is 7.41. The molecule has 4 saturated carbocycles. The number of piperidine rings is 1. The Hall–Kier alpha value is -0.570. The molecule has 0 radical (unpaired) electrons. The zero-order valence-electron chi connectivity index (χ0n) is 15.6. The Morgan fingerprint density at radius 1 is 1.00 bits per heavy atom. The van der Waals surface area contributed by atoms with Crippen LogP contribution in [0, 0.1) is 22.2 Å². The van der Waals surface area contributed by atoms with Gasteiger partial charge in [-0.15, -0.1) is 0 Å². The van der Waals surface area contributed by atoms with Crippen LogP contribution in [0.5, 0.6) is 0 Å². The van der Waals surface area contributed by atoms with Crippen LogP contribution >= 0.6 is 0 Å². The lowest BCUT2D eigenvalue weighted by molar-refractivity contribution is -0.171. The van der Waals surface area contributed by atoms with Crippen molar-refractivity contribution in [2.75, 3.05) is 13.1 Å². The third-order valence-electron chi connectivity index (χ3n) is 8.26. The minimum Gasteiger partial charge on any atom is -0.353 e. The molecule has 24 heavy (non-hydrogen) atoms. The third kappa shape index (κ3) is 2.37. The first-order chi connectivity index (χ1) is 11.4. The largest absolute Gasteiger partial charge is 0.353 e. The Kier molecular flexibility index (Phi) is 3.26. The maximum atomic E-state index is 13.4. The van der Waals surface area contributed by atoms with Crippen molar-refractivity contribution in [2.24, 2.45) is 22.2 Å². The van der Waals surface area contributed by atoms with Crippen molar-refractivity contribution in [2.45, 2.75) is 90.1 Å². The summed E-state index contributed by atoms with van der Waals surface area (Å²) in [6.07, 6.45) is 12.6. The van der Waals surface area contributed by atoms with Crippen LogP contribution < -0.4 is 5.32 Å². The molecule has 1 N–H and O–H groups in total. The van der Waals surface area contributed by atoms with Gasteiger partial charge in [0.05, 0.1) is 5.41 Å². The fourth-order valence-corrected chi connectivity index (χ4v) is 8.39. The topological polar surface area (TPSA) is 32.3 Å². The highest BCUT2D eigenvalue weighted by Crippen LogP contribution is 2.69. The highest BCUT2D eigenvalue weighted by atomic mass is 16.2. The molecular formula is C21H34N2O. The molecular weight excluding hydrogens is 296 g/mol. The van der Waals surface area contributed by atoms with Gasteiger partial charge in [-0.05, 0) is 87.5 Å². The van der Waals surface area contributed by atoms with Gasteiger partial charge in [0.2, 0.25) is 5.91 Å². The molecule has 4 aliphatic carbocycles. The molecule has 6 atom stereocenters. The number of nitrogens with zero attached hydrogens (tertiary/aromatic N) is 1. The fraction of sp³-hybridized carbons (Fsp3) is 0.952. The predicted octanol–water partition coefficient (Wildman–Crippen LogP) is 3.73. The summed E-state index contributed by atoms with van der Waals surface area (Å²) in [5.74, 6) is 1.24. The zero-order valence-corrected chi connectivity index (χ0v) is 15.6. The van der Waals surface area contributed by atoms with Crippen molar-refractivity contribution in [3.8, 4) is 0 Å². The summed E-state index contributed by atoms with van der Waals surface area (Å²) in [6, 6.07) is 1.18. The van der Waals surface area contributed by atoms with Crippen molar-refractivity contribution in [3.63, 3.8) is 0 Å². The smallest absolute Gasteiger partial charge is 0.226 e. The van der Waals surface area contributed by atoms with E-state index in [-0.39, 0.29) is 5.41 Å². The monoisotopic (exact) mass is 330 g/mol. The Morgan fingerprint density at radius 2 is 1.75 bits per heavy atom. The summed E-state index contributed by atoms with van der Waals surface area (Å²) in [7, 11) is 0. The van der Waals surface area contributed by atoms with E-state index in [1.807, 2.05) is 0 Å². The quantitative estimate of drug-likeness (QED) is 0.837. The lowest BCUT2D eigenvalue weighted by Crippen LogP contribution is -2.61. The third-order valence-corrected chi connectivity index (χ3v) is 8.26. The lowest BCUT2D eigenvalue weighted by atomic mass is 9.40. The number of amides is 1. The van der Waals surface area contributed by atoms with Crippen molar-refractivity contribution < 1.29 is 4.79 Å². The van der Waals surface area contributed by atoms with E-state index in [1.54, 1.807) is 0 Å². The van der Waals surface area contributed by atoms with E-state index in [2.05, 4.69) is 24.1 Å². The second kappa shape index (κ2) is 4.99. The van der Waals surface area contributed by atoms with Gasteiger partial charge in [-0.1, -0.05) is 13.8 Å². The van der Waals surface area contributed by atoms with E-state index in [4.69, 9.17) is 0 Å². The summed E-state index contributed by atoms with van der Waals surface area (Å²) < 4.78 is 0. The van der Waals surface area contributed by atoms with Gasteiger partial charge >= 0.3 is 0 Å². The summed E-state index contributed by atoms with van der Waals surface area (Å²) in [5.41, 5.74) is 0.830. The summed E-state index contributed by atoms with van der Waals surface area (Å²) in [4.78, 5) is 16.1. The second-order valence-corrected chi connectivity index (χ2v) is 10.9. The number of nitrogens with one attached hydrogen (secondary N) is 1. The Morgan fingerprint density at radius 3 is 2.46 bits per heavy atom. The predicted molar refractivity (Wildman–Crippen MR) is 95.6 cm³/mol. The SMILES string of the molecule is C[C@]12CC3CC(C(=O)N[C@@H]4CCN5CCC[C@@H]5C4)(C1)C[C@@](C)(C3)C2. The molecule has 2 saturated heterocycles. The van der Waals surface area contributed by atoms with E-state index >= 15 is 0 Å². The molecule has 6 fully saturated rings. The number of carbonyl (C=O) groups excluding carboxylic acids is 1. The molecule has 2 heterocycles. The lowest BCUT2D eigenvalue weighted by Gasteiger charge is -2.64. The van der Waals surface area contributed by atoms with E-state index in [9.17, 15) is 4.79 Å². The first-order valence-electron chi connectivity index (χ1n) is 10.4. The minimum atomic E-state index is -0.0320. The molecule has 2 aliphatic heterocycles. The standard InChI is InChI=1S/C21H34N2O/c1-19-9-15-10-20(2,12-19)14-21(11-15,13-19)18(24)22-16-5-7-23-6-3-4-17(23)8-16/h15-17H,3-14H2,1-2H3,(H,22,24)/t15?,16-,17-,19-,20+,21?/m1/s1. The molecule has 4 bridgehead atoms. The van der Waals surface area contributed by atoms with E-state index in [0.29, 0.717) is 22.8 Å². The average Bonchev–Trinajstić information content (AvgIpc) is 2.90. The minimum absolute atomic E-state index is 0.0320. The van der Waals surface area contributed by atoms with E-state index in [0.717, 1.165) is 31.2 Å². The average molecular weight is 331 g/mol. The van der Waals surface area contributed by atoms with Gasteiger partial charge in [-0.2, -0.15) is 0 Å². The molecule has 6 aliphatic rings. The molecule has 3 heteroatoms.